The summed E-state index contributed by atoms with van der Waals surface area (Å²) < 4.78 is 23.1. The molecule has 0 aromatic rings. The van der Waals surface area contributed by atoms with Crippen molar-refractivity contribution in [3.63, 3.8) is 0 Å². The standard InChI is InChI=1S/C86H155NO8/c1-6-8-10-12-14-16-18-20-22-24-26-28-30-32-34-36-38-40-41-42-43-45-46-48-50-52-54-56-58-60-62-64-66-68-70-72-74-76-83(88)93-80-82(81-94-86(85(90)91)92-79-78-87(3,4)5)95-84(89)77-75-73-71-69-67-65-63-61-59-57-55-53-51-49-47-44-39-37-35-33-31-29-27-25-23-21-19-17-15-13-11-9-7-2/h9,11,15,17,21,23-24,26-27,29,33,35,39,44,82,86H,6-8,10,12-14,16,18-20,22,25,28,30-32,34,36-38,40-43,45-81H2,1-5H3/p+1/b11-9-,17-15-,23-21-,26-24-,29-27-,35-33-,44-39-. The van der Waals surface area contributed by atoms with Gasteiger partial charge >= 0.3 is 17.9 Å². The molecule has 2 atom stereocenters. The Bertz CT molecular complexity index is 1840. The van der Waals surface area contributed by atoms with Crippen LogP contribution in [-0.4, -0.2) is 87.4 Å². The lowest BCUT2D eigenvalue weighted by Gasteiger charge is -2.25. The number of rotatable bonds is 76. The molecule has 0 heterocycles. The molecular formula is C86H156NO8+. The Kier molecular flexibility index (Phi) is 73.4. The van der Waals surface area contributed by atoms with Crippen molar-refractivity contribution < 1.29 is 42.9 Å². The van der Waals surface area contributed by atoms with Gasteiger partial charge in [0.25, 0.3) is 6.29 Å². The number of hydrogen-bond donors (Lipinski definition) is 1. The number of quaternary nitrogens is 1. The summed E-state index contributed by atoms with van der Waals surface area (Å²) >= 11 is 0. The summed E-state index contributed by atoms with van der Waals surface area (Å²) in [6.45, 7) is 4.82. The predicted molar refractivity (Wildman–Crippen MR) is 410 cm³/mol. The van der Waals surface area contributed by atoms with Crippen LogP contribution in [0.5, 0.6) is 0 Å². The zero-order valence-corrected chi connectivity index (χ0v) is 63.3. The number of carbonyl (C=O) groups is 3. The highest BCUT2D eigenvalue weighted by Crippen LogP contribution is 2.19. The minimum atomic E-state index is -1.51. The normalized spacial score (nSPS) is 13.1. The maximum Gasteiger partial charge on any atom is 0.361 e. The zero-order valence-electron chi connectivity index (χ0n) is 63.3. The lowest BCUT2D eigenvalue weighted by Crippen LogP contribution is -2.40. The van der Waals surface area contributed by atoms with Crippen LogP contribution in [0.15, 0.2) is 85.1 Å². The van der Waals surface area contributed by atoms with Gasteiger partial charge < -0.3 is 28.5 Å². The molecular weight excluding hydrogens is 1170 g/mol. The molecule has 0 amide bonds. The first-order valence-electron chi connectivity index (χ1n) is 40.8. The van der Waals surface area contributed by atoms with Crippen LogP contribution in [0.1, 0.15) is 386 Å². The summed E-state index contributed by atoms with van der Waals surface area (Å²) in [4.78, 5) is 37.8. The number of carboxylic acids is 1. The van der Waals surface area contributed by atoms with Crippen molar-refractivity contribution in [3.05, 3.63) is 85.1 Å². The van der Waals surface area contributed by atoms with Gasteiger partial charge in [-0.05, 0) is 89.9 Å². The lowest BCUT2D eigenvalue weighted by atomic mass is 10.0. The highest BCUT2D eigenvalue weighted by molar-refractivity contribution is 5.71. The third kappa shape index (κ3) is 77.7. The van der Waals surface area contributed by atoms with Crippen molar-refractivity contribution in [1.82, 2.24) is 0 Å². The molecule has 0 saturated carbocycles. The number of hydrogen-bond acceptors (Lipinski definition) is 7. The van der Waals surface area contributed by atoms with Crippen molar-refractivity contribution in [3.8, 4) is 0 Å². The number of allylic oxidation sites excluding steroid dienone is 14. The highest BCUT2D eigenvalue weighted by Gasteiger charge is 2.25. The van der Waals surface area contributed by atoms with Crippen LogP contribution in [0.25, 0.3) is 0 Å². The molecule has 1 N–H and O–H groups in total. The molecule has 0 aliphatic carbocycles. The maximum atomic E-state index is 13.0. The Morgan fingerprint density at radius 1 is 0.326 bits per heavy atom. The van der Waals surface area contributed by atoms with Crippen LogP contribution < -0.4 is 0 Å². The van der Waals surface area contributed by atoms with Crippen LogP contribution in [-0.2, 0) is 33.3 Å². The van der Waals surface area contributed by atoms with E-state index in [1.54, 1.807) is 0 Å². The molecule has 0 spiro atoms. The molecule has 552 valence electrons. The zero-order chi connectivity index (χ0) is 69.0. The Balaban J connectivity index is 3.99. The summed E-state index contributed by atoms with van der Waals surface area (Å²) in [5.41, 5.74) is 0. The van der Waals surface area contributed by atoms with E-state index < -0.39 is 24.3 Å². The molecule has 0 radical (unpaired) electrons. The Morgan fingerprint density at radius 3 is 0.905 bits per heavy atom. The van der Waals surface area contributed by atoms with E-state index in [0.29, 0.717) is 17.4 Å². The topological polar surface area (TPSA) is 108 Å². The number of carboxylic acid groups (broad SMARTS) is 1. The van der Waals surface area contributed by atoms with Crippen molar-refractivity contribution in [2.45, 2.75) is 399 Å². The fourth-order valence-electron chi connectivity index (χ4n) is 12.0. The molecule has 0 bridgehead atoms. The van der Waals surface area contributed by atoms with E-state index in [0.717, 1.165) is 77.0 Å². The van der Waals surface area contributed by atoms with Crippen molar-refractivity contribution >= 4 is 17.9 Å². The molecule has 9 heteroatoms. The second kappa shape index (κ2) is 76.2. The van der Waals surface area contributed by atoms with Gasteiger partial charge in [0.2, 0.25) is 0 Å². The summed E-state index contributed by atoms with van der Waals surface area (Å²) in [7, 11) is 5.99. The second-order valence-electron chi connectivity index (χ2n) is 28.7. The van der Waals surface area contributed by atoms with E-state index in [-0.39, 0.29) is 32.2 Å². The van der Waals surface area contributed by atoms with Gasteiger partial charge in [0.15, 0.2) is 6.10 Å². The Hall–Kier alpha value is -3.53. The Morgan fingerprint density at radius 2 is 0.600 bits per heavy atom. The summed E-state index contributed by atoms with van der Waals surface area (Å²) in [6.07, 6.45) is 102. The summed E-state index contributed by atoms with van der Waals surface area (Å²) in [5, 5.41) is 9.78. The minimum absolute atomic E-state index is 0.180. The molecule has 0 rings (SSSR count). The fourth-order valence-corrected chi connectivity index (χ4v) is 12.0. The van der Waals surface area contributed by atoms with E-state index >= 15 is 0 Å². The Labute approximate surface area is 589 Å². The molecule has 0 aromatic carbocycles. The average molecular weight is 1330 g/mol. The average Bonchev–Trinajstić information content (AvgIpc) is 3.75. The number of ether oxygens (including phenoxy) is 4. The van der Waals surface area contributed by atoms with Gasteiger partial charge in [-0.15, -0.1) is 0 Å². The van der Waals surface area contributed by atoms with E-state index in [2.05, 4.69) is 98.9 Å². The number of esters is 2. The fraction of sp³-hybridized carbons (Fsp3) is 0.802. The monoisotopic (exact) mass is 1330 g/mol. The molecule has 95 heavy (non-hydrogen) atoms. The van der Waals surface area contributed by atoms with Crippen molar-refractivity contribution in [1.29, 1.82) is 0 Å². The van der Waals surface area contributed by atoms with Crippen LogP contribution in [0.3, 0.4) is 0 Å². The molecule has 0 aliphatic rings. The van der Waals surface area contributed by atoms with Crippen LogP contribution in [0, 0.1) is 0 Å². The van der Waals surface area contributed by atoms with E-state index in [9.17, 15) is 19.5 Å². The van der Waals surface area contributed by atoms with Crippen LogP contribution in [0.4, 0.5) is 0 Å². The first kappa shape index (κ1) is 91.5. The van der Waals surface area contributed by atoms with Crippen LogP contribution in [0.2, 0.25) is 0 Å². The molecule has 2 unspecified atom stereocenters. The SMILES string of the molecule is CC/C=C\C/C=C\C/C=C\C/C=C\C/C=C\C/C=C\CCCCCCCCCCCCCCCCC(=O)OC(COC(=O)CCCCCCCCCCCCCCCCCCCCCCCCCCC/C=C\CCCCCCCCCC)COC(OCC[N+](C)(C)C)C(=O)O. The maximum absolute atomic E-state index is 13.0. The molecule has 0 saturated heterocycles. The molecule has 0 fully saturated rings. The van der Waals surface area contributed by atoms with Crippen LogP contribution >= 0.6 is 0 Å². The third-order valence-corrected chi connectivity index (χ3v) is 18.1. The summed E-state index contributed by atoms with van der Waals surface area (Å²) in [5.74, 6) is -1.98. The van der Waals surface area contributed by atoms with Gasteiger partial charge in [0.05, 0.1) is 34.4 Å². The number of nitrogens with zero attached hydrogens (tertiary/aromatic N) is 1. The van der Waals surface area contributed by atoms with Gasteiger partial charge in [0, 0.05) is 12.8 Å². The van der Waals surface area contributed by atoms with Gasteiger partial charge in [-0.3, -0.25) is 9.59 Å². The first-order valence-corrected chi connectivity index (χ1v) is 40.8. The second-order valence-corrected chi connectivity index (χ2v) is 28.7. The highest BCUT2D eigenvalue weighted by atomic mass is 16.7. The first-order chi connectivity index (χ1) is 46.6. The van der Waals surface area contributed by atoms with Gasteiger partial charge in [-0.25, -0.2) is 4.79 Å². The van der Waals surface area contributed by atoms with E-state index in [1.807, 2.05) is 21.1 Å². The van der Waals surface area contributed by atoms with Gasteiger partial charge in [0.1, 0.15) is 13.2 Å². The largest absolute Gasteiger partial charge is 0.477 e. The third-order valence-electron chi connectivity index (χ3n) is 18.1. The molecule has 0 aliphatic heterocycles. The van der Waals surface area contributed by atoms with Gasteiger partial charge in [-0.1, -0.05) is 369 Å². The number of aliphatic carboxylic acids is 1. The van der Waals surface area contributed by atoms with Gasteiger partial charge in [-0.2, -0.15) is 0 Å². The molecule has 0 aromatic heterocycles. The number of carbonyl (C=O) groups excluding carboxylic acids is 2. The lowest BCUT2D eigenvalue weighted by molar-refractivity contribution is -0.870. The molecule has 9 nitrogen and oxygen atoms in total. The van der Waals surface area contributed by atoms with Crippen molar-refractivity contribution in [2.24, 2.45) is 0 Å². The predicted octanol–water partition coefficient (Wildman–Crippen LogP) is 26.2. The quantitative estimate of drug-likeness (QED) is 0.0211. The minimum Gasteiger partial charge on any atom is -0.477 e. The van der Waals surface area contributed by atoms with E-state index in [4.69, 9.17) is 18.9 Å². The van der Waals surface area contributed by atoms with E-state index in [1.165, 1.54) is 283 Å². The summed E-state index contributed by atoms with van der Waals surface area (Å²) in [6, 6.07) is 0. The van der Waals surface area contributed by atoms with Crippen molar-refractivity contribution in [2.75, 3.05) is 47.5 Å². The smallest absolute Gasteiger partial charge is 0.361 e. The number of unbranched alkanes of at least 4 members (excludes halogenated alkanes) is 47. The number of likely N-dealkylation sites (N-methyl/N-ethyl adjacent to an activating group) is 1.